The first-order chi connectivity index (χ1) is 7.54. The van der Waals surface area contributed by atoms with Crippen LogP contribution >= 0.6 is 15.9 Å². The van der Waals surface area contributed by atoms with Gasteiger partial charge in [0, 0.05) is 16.2 Å². The van der Waals surface area contributed by atoms with Crippen molar-refractivity contribution in [2.75, 3.05) is 13.7 Å². The zero-order valence-electron chi connectivity index (χ0n) is 9.07. The van der Waals surface area contributed by atoms with E-state index in [0.717, 1.165) is 10.0 Å². The molecule has 1 atom stereocenters. The Balaban J connectivity index is 2.58. The third kappa shape index (κ3) is 3.46. The molecule has 0 aliphatic rings. The van der Waals surface area contributed by atoms with Crippen LogP contribution in [0.2, 0.25) is 0 Å². The SMILES string of the molecule is COC(=O)C(N)COc1ncc(Br)cc1C. The fourth-order valence-electron chi connectivity index (χ4n) is 1.07. The number of pyridine rings is 1. The lowest BCUT2D eigenvalue weighted by molar-refractivity contribution is -0.142. The fourth-order valence-corrected chi connectivity index (χ4v) is 1.51. The highest BCUT2D eigenvalue weighted by molar-refractivity contribution is 9.10. The molecular weight excluding hydrogens is 276 g/mol. The monoisotopic (exact) mass is 288 g/mol. The Hall–Kier alpha value is -1.14. The number of nitrogens with two attached hydrogens (primary N) is 1. The van der Waals surface area contributed by atoms with Crippen LogP contribution in [-0.2, 0) is 9.53 Å². The van der Waals surface area contributed by atoms with Gasteiger partial charge in [0.2, 0.25) is 5.88 Å². The van der Waals surface area contributed by atoms with Crippen LogP contribution < -0.4 is 10.5 Å². The number of carbonyl (C=O) groups excluding carboxylic acids is 1. The molecule has 0 aliphatic carbocycles. The molecular formula is C10H13BrN2O3. The van der Waals surface area contributed by atoms with Gasteiger partial charge < -0.3 is 15.2 Å². The Morgan fingerprint density at radius 2 is 2.38 bits per heavy atom. The third-order valence-corrected chi connectivity index (χ3v) is 2.33. The van der Waals surface area contributed by atoms with E-state index in [4.69, 9.17) is 10.5 Å². The number of rotatable bonds is 4. The van der Waals surface area contributed by atoms with Crippen molar-refractivity contribution < 1.29 is 14.3 Å². The van der Waals surface area contributed by atoms with Gasteiger partial charge in [0.15, 0.2) is 0 Å². The van der Waals surface area contributed by atoms with Gasteiger partial charge in [-0.15, -0.1) is 0 Å². The maximum atomic E-state index is 11.0. The summed E-state index contributed by atoms with van der Waals surface area (Å²) in [6.07, 6.45) is 1.62. The minimum atomic E-state index is -0.796. The van der Waals surface area contributed by atoms with Crippen molar-refractivity contribution in [1.29, 1.82) is 0 Å². The van der Waals surface area contributed by atoms with Crippen molar-refractivity contribution in [2.24, 2.45) is 5.73 Å². The summed E-state index contributed by atoms with van der Waals surface area (Å²) in [4.78, 5) is 15.1. The van der Waals surface area contributed by atoms with Crippen LogP contribution in [0.5, 0.6) is 5.88 Å². The van der Waals surface area contributed by atoms with Gasteiger partial charge in [-0.3, -0.25) is 4.79 Å². The Morgan fingerprint density at radius 1 is 1.69 bits per heavy atom. The van der Waals surface area contributed by atoms with Gasteiger partial charge in [-0.2, -0.15) is 0 Å². The summed E-state index contributed by atoms with van der Waals surface area (Å²) in [5, 5.41) is 0. The van der Waals surface area contributed by atoms with E-state index in [0.29, 0.717) is 5.88 Å². The van der Waals surface area contributed by atoms with Gasteiger partial charge in [0.05, 0.1) is 7.11 Å². The van der Waals surface area contributed by atoms with Crippen LogP contribution in [0.3, 0.4) is 0 Å². The van der Waals surface area contributed by atoms with Crippen molar-refractivity contribution >= 4 is 21.9 Å². The number of halogens is 1. The Labute approximate surface area is 102 Å². The van der Waals surface area contributed by atoms with Gasteiger partial charge in [-0.05, 0) is 28.9 Å². The zero-order valence-corrected chi connectivity index (χ0v) is 10.7. The molecule has 1 rings (SSSR count). The number of esters is 1. The lowest BCUT2D eigenvalue weighted by atomic mass is 10.3. The van der Waals surface area contributed by atoms with E-state index in [-0.39, 0.29) is 6.61 Å². The topological polar surface area (TPSA) is 74.4 Å². The van der Waals surface area contributed by atoms with E-state index in [2.05, 4.69) is 25.7 Å². The number of carbonyl (C=O) groups is 1. The highest BCUT2D eigenvalue weighted by Gasteiger charge is 2.15. The van der Waals surface area contributed by atoms with Crippen molar-refractivity contribution in [3.05, 3.63) is 22.3 Å². The van der Waals surface area contributed by atoms with Crippen LogP contribution in [0.15, 0.2) is 16.7 Å². The molecule has 0 spiro atoms. The summed E-state index contributed by atoms with van der Waals surface area (Å²) >= 11 is 3.29. The summed E-state index contributed by atoms with van der Waals surface area (Å²) < 4.78 is 10.7. The van der Waals surface area contributed by atoms with Crippen LogP contribution in [0.4, 0.5) is 0 Å². The average Bonchev–Trinajstić information content (AvgIpc) is 2.26. The molecule has 5 nitrogen and oxygen atoms in total. The molecule has 0 aromatic carbocycles. The van der Waals surface area contributed by atoms with Crippen LogP contribution in [0.1, 0.15) is 5.56 Å². The molecule has 0 fully saturated rings. The Morgan fingerprint density at radius 3 is 2.94 bits per heavy atom. The fraction of sp³-hybridized carbons (Fsp3) is 0.400. The smallest absolute Gasteiger partial charge is 0.326 e. The number of aromatic nitrogens is 1. The zero-order chi connectivity index (χ0) is 12.1. The lowest BCUT2D eigenvalue weighted by Gasteiger charge is -2.11. The van der Waals surface area contributed by atoms with Gasteiger partial charge in [-0.1, -0.05) is 0 Å². The summed E-state index contributed by atoms with van der Waals surface area (Å²) in [5.74, 6) is -0.0442. The molecule has 16 heavy (non-hydrogen) atoms. The maximum Gasteiger partial charge on any atom is 0.326 e. The van der Waals surface area contributed by atoms with Crippen LogP contribution in [0.25, 0.3) is 0 Å². The second-order valence-corrected chi connectivity index (χ2v) is 4.13. The summed E-state index contributed by atoms with van der Waals surface area (Å²) in [5.41, 5.74) is 6.39. The summed E-state index contributed by atoms with van der Waals surface area (Å²) in [6.45, 7) is 1.90. The minimum Gasteiger partial charge on any atom is -0.475 e. The number of nitrogens with zero attached hydrogens (tertiary/aromatic N) is 1. The maximum absolute atomic E-state index is 11.0. The van der Waals surface area contributed by atoms with E-state index in [1.54, 1.807) is 6.20 Å². The Bertz CT molecular complexity index is 384. The molecule has 0 aliphatic heterocycles. The molecule has 0 saturated carbocycles. The van der Waals surface area contributed by atoms with Crippen LogP contribution in [-0.4, -0.2) is 30.7 Å². The van der Waals surface area contributed by atoms with Crippen molar-refractivity contribution in [2.45, 2.75) is 13.0 Å². The molecule has 1 unspecified atom stereocenters. The first-order valence-electron chi connectivity index (χ1n) is 4.63. The second kappa shape index (κ2) is 5.81. The molecule has 0 bridgehead atoms. The Kier molecular flexibility index (Phi) is 4.70. The molecule has 1 heterocycles. The average molecular weight is 289 g/mol. The van der Waals surface area contributed by atoms with E-state index in [9.17, 15) is 4.79 Å². The molecule has 0 saturated heterocycles. The van der Waals surface area contributed by atoms with Gasteiger partial charge >= 0.3 is 5.97 Å². The molecule has 0 amide bonds. The predicted octanol–water partition coefficient (Wildman–Crippen LogP) is 1.03. The van der Waals surface area contributed by atoms with E-state index in [1.165, 1.54) is 7.11 Å². The van der Waals surface area contributed by atoms with Gasteiger partial charge in [0.1, 0.15) is 12.6 Å². The highest BCUT2D eigenvalue weighted by Crippen LogP contribution is 2.18. The second-order valence-electron chi connectivity index (χ2n) is 3.22. The molecule has 6 heteroatoms. The molecule has 88 valence electrons. The minimum absolute atomic E-state index is 0.0438. The first kappa shape index (κ1) is 12.9. The highest BCUT2D eigenvalue weighted by atomic mass is 79.9. The standard InChI is InChI=1S/C10H13BrN2O3/c1-6-3-7(11)4-13-9(6)16-5-8(12)10(14)15-2/h3-4,8H,5,12H2,1-2H3. The number of aryl methyl sites for hydroxylation is 1. The largest absolute Gasteiger partial charge is 0.475 e. The number of ether oxygens (including phenoxy) is 2. The first-order valence-corrected chi connectivity index (χ1v) is 5.42. The van der Waals surface area contributed by atoms with E-state index in [1.807, 2.05) is 13.0 Å². The van der Waals surface area contributed by atoms with Gasteiger partial charge in [-0.25, -0.2) is 4.98 Å². The molecule has 0 radical (unpaired) electrons. The number of hydrogen-bond acceptors (Lipinski definition) is 5. The normalized spacial score (nSPS) is 12.0. The van der Waals surface area contributed by atoms with Crippen molar-refractivity contribution in [3.8, 4) is 5.88 Å². The molecule has 1 aromatic heterocycles. The quantitative estimate of drug-likeness (QED) is 0.838. The van der Waals surface area contributed by atoms with Crippen molar-refractivity contribution in [1.82, 2.24) is 4.98 Å². The molecule has 2 N–H and O–H groups in total. The number of methoxy groups -OCH3 is 1. The van der Waals surface area contributed by atoms with Crippen molar-refractivity contribution in [3.63, 3.8) is 0 Å². The van der Waals surface area contributed by atoms with E-state index < -0.39 is 12.0 Å². The van der Waals surface area contributed by atoms with Gasteiger partial charge in [0.25, 0.3) is 0 Å². The number of hydrogen-bond donors (Lipinski definition) is 1. The predicted molar refractivity (Wildman–Crippen MR) is 62.2 cm³/mol. The molecule has 1 aromatic rings. The summed E-state index contributed by atoms with van der Waals surface area (Å²) in [7, 11) is 1.28. The summed E-state index contributed by atoms with van der Waals surface area (Å²) in [6, 6.07) is 1.07. The van der Waals surface area contributed by atoms with Crippen LogP contribution in [0, 0.1) is 6.92 Å². The lowest BCUT2D eigenvalue weighted by Crippen LogP contribution is -2.37. The van der Waals surface area contributed by atoms with E-state index >= 15 is 0 Å². The third-order valence-electron chi connectivity index (χ3n) is 1.90.